The Labute approximate surface area is 74.2 Å². The molecule has 0 aliphatic rings. The van der Waals surface area contributed by atoms with Crippen molar-refractivity contribution in [1.29, 1.82) is 0 Å². The summed E-state index contributed by atoms with van der Waals surface area (Å²) < 4.78 is 0. The lowest BCUT2D eigenvalue weighted by Gasteiger charge is -2.25. The van der Waals surface area contributed by atoms with Crippen LogP contribution in [0.2, 0.25) is 0 Å². The van der Waals surface area contributed by atoms with Crippen LogP contribution >= 0.6 is 0 Å². The molecule has 0 fully saturated rings. The third kappa shape index (κ3) is 3.83. The molecule has 1 unspecified atom stereocenters. The highest BCUT2D eigenvalue weighted by Gasteiger charge is 2.25. The smallest absolute Gasteiger partial charge is 0.149 e. The van der Waals surface area contributed by atoms with Crippen molar-refractivity contribution in [2.45, 2.75) is 27.7 Å². The monoisotopic (exact) mass is 173 g/mol. The average molecular weight is 173 g/mol. The Morgan fingerprint density at radius 3 is 2.33 bits per heavy atom. The van der Waals surface area contributed by atoms with E-state index < -0.39 is 0 Å². The molecule has 72 valence electrons. The third-order valence-electron chi connectivity index (χ3n) is 2.19. The highest BCUT2D eigenvalue weighted by molar-refractivity contribution is 5.83. The summed E-state index contributed by atoms with van der Waals surface area (Å²) >= 11 is 0. The van der Waals surface area contributed by atoms with Gasteiger partial charge in [-0.05, 0) is 5.41 Å². The van der Waals surface area contributed by atoms with Crippen LogP contribution in [0, 0.1) is 11.3 Å². The predicted molar refractivity (Wildman–Crippen MR) is 48.7 cm³/mol. The van der Waals surface area contributed by atoms with E-state index in [-0.39, 0.29) is 30.4 Å². The fraction of sp³-hybridized carbons (Fsp3) is 0.889. The minimum absolute atomic E-state index is 0.00815. The first-order valence-corrected chi connectivity index (χ1v) is 4.24. The number of ketones is 1. The molecule has 0 radical (unpaired) electrons. The second kappa shape index (κ2) is 4.58. The summed E-state index contributed by atoms with van der Waals surface area (Å²) in [6.07, 6.45) is 0. The number of Topliss-reactive ketones (excluding diaryl/α,β-unsaturated/α-hetero) is 1. The normalized spacial score (nSPS) is 14.4. The van der Waals surface area contributed by atoms with Crippen LogP contribution in [0.1, 0.15) is 27.7 Å². The van der Waals surface area contributed by atoms with Gasteiger partial charge in [-0.2, -0.15) is 0 Å². The summed E-state index contributed by atoms with van der Waals surface area (Å²) in [5.74, 6) is 0.174. The number of carbonyl (C=O) groups excluding carboxylic acids is 1. The van der Waals surface area contributed by atoms with E-state index in [1.165, 1.54) is 0 Å². The summed E-state index contributed by atoms with van der Waals surface area (Å²) in [5, 5.41) is 11.0. The summed E-state index contributed by atoms with van der Waals surface area (Å²) in [4.78, 5) is 11.4. The van der Waals surface area contributed by atoms with E-state index in [0.717, 1.165) is 0 Å². The zero-order chi connectivity index (χ0) is 9.78. The Hall–Kier alpha value is -0.410. The third-order valence-corrected chi connectivity index (χ3v) is 2.19. The first-order valence-electron chi connectivity index (χ1n) is 4.24. The summed E-state index contributed by atoms with van der Waals surface area (Å²) in [6.45, 7) is 8.15. The fourth-order valence-electron chi connectivity index (χ4n) is 0.815. The van der Waals surface area contributed by atoms with Gasteiger partial charge in [0.1, 0.15) is 5.78 Å². The van der Waals surface area contributed by atoms with Gasteiger partial charge in [-0.1, -0.05) is 27.7 Å². The molecular formula is C9H19NO2. The lowest BCUT2D eigenvalue weighted by molar-refractivity contribution is -0.124. The molecule has 0 saturated carbocycles. The Bertz CT molecular complexity index is 149. The second-order valence-electron chi connectivity index (χ2n) is 4.14. The van der Waals surface area contributed by atoms with Crippen LogP contribution in [0.15, 0.2) is 0 Å². The lowest BCUT2D eigenvalue weighted by Crippen LogP contribution is -2.33. The molecule has 12 heavy (non-hydrogen) atoms. The minimum Gasteiger partial charge on any atom is -0.381 e. The summed E-state index contributed by atoms with van der Waals surface area (Å²) in [7, 11) is 0. The molecule has 2 N–H and O–H groups in total. The van der Waals surface area contributed by atoms with Gasteiger partial charge in [0.25, 0.3) is 0 Å². The number of carbonyl (C=O) groups is 1. The Balaban J connectivity index is 3.94. The highest BCUT2D eigenvalue weighted by Crippen LogP contribution is 2.25. The van der Waals surface area contributed by atoms with Gasteiger partial charge in [-0.3, -0.25) is 10.1 Å². The Morgan fingerprint density at radius 1 is 1.50 bits per heavy atom. The van der Waals surface area contributed by atoms with E-state index >= 15 is 0 Å². The molecule has 3 nitrogen and oxygen atoms in total. The number of hydrogen-bond acceptors (Lipinski definition) is 3. The van der Waals surface area contributed by atoms with Gasteiger partial charge in [0, 0.05) is 5.92 Å². The quantitative estimate of drug-likeness (QED) is 0.618. The van der Waals surface area contributed by atoms with Crippen LogP contribution in [0.25, 0.3) is 0 Å². The molecular weight excluding hydrogens is 154 g/mol. The van der Waals surface area contributed by atoms with Crippen LogP contribution < -0.4 is 5.32 Å². The molecule has 1 atom stereocenters. The van der Waals surface area contributed by atoms with Crippen molar-refractivity contribution >= 4 is 5.78 Å². The van der Waals surface area contributed by atoms with E-state index in [2.05, 4.69) is 5.32 Å². The molecule has 0 saturated heterocycles. The van der Waals surface area contributed by atoms with Crippen molar-refractivity contribution in [2.24, 2.45) is 11.3 Å². The van der Waals surface area contributed by atoms with E-state index in [1.807, 2.05) is 27.7 Å². The molecule has 0 aliphatic carbocycles. The van der Waals surface area contributed by atoms with Gasteiger partial charge in [-0.25, -0.2) is 0 Å². The number of aliphatic hydroxyl groups is 1. The molecule has 0 heterocycles. The Morgan fingerprint density at radius 2 is 2.00 bits per heavy atom. The zero-order valence-electron chi connectivity index (χ0n) is 8.35. The standard InChI is InChI=1S/C9H19NO2/c1-7(9(2,3)4)8(12)5-10-6-11/h7,10-11H,5-6H2,1-4H3. The van der Waals surface area contributed by atoms with E-state index in [1.54, 1.807) is 0 Å². The molecule has 3 heteroatoms. The van der Waals surface area contributed by atoms with Crippen LogP contribution in [0.3, 0.4) is 0 Å². The van der Waals surface area contributed by atoms with Crippen molar-refractivity contribution in [3.05, 3.63) is 0 Å². The number of nitrogens with one attached hydrogen (secondary N) is 1. The summed E-state index contributed by atoms with van der Waals surface area (Å²) in [5.41, 5.74) is 0.00815. The average Bonchev–Trinajstić information content (AvgIpc) is 1.97. The fourth-order valence-corrected chi connectivity index (χ4v) is 0.815. The van der Waals surface area contributed by atoms with Crippen molar-refractivity contribution in [3.8, 4) is 0 Å². The van der Waals surface area contributed by atoms with Crippen molar-refractivity contribution < 1.29 is 9.90 Å². The van der Waals surface area contributed by atoms with Crippen molar-refractivity contribution in [1.82, 2.24) is 5.32 Å². The van der Waals surface area contributed by atoms with Crippen LogP contribution in [0.4, 0.5) is 0 Å². The largest absolute Gasteiger partial charge is 0.381 e. The molecule has 0 aromatic rings. The lowest BCUT2D eigenvalue weighted by atomic mass is 9.79. The highest BCUT2D eigenvalue weighted by atomic mass is 16.3. The van der Waals surface area contributed by atoms with E-state index in [0.29, 0.717) is 0 Å². The number of rotatable bonds is 4. The maximum atomic E-state index is 11.4. The van der Waals surface area contributed by atoms with Gasteiger partial charge in [0.05, 0.1) is 13.3 Å². The van der Waals surface area contributed by atoms with Gasteiger partial charge < -0.3 is 5.11 Å². The molecule has 0 bridgehead atoms. The maximum absolute atomic E-state index is 11.4. The van der Waals surface area contributed by atoms with Crippen LogP contribution in [0.5, 0.6) is 0 Å². The minimum atomic E-state index is -0.136. The molecule has 0 amide bonds. The molecule has 0 rings (SSSR count). The van der Waals surface area contributed by atoms with Crippen LogP contribution in [-0.4, -0.2) is 24.2 Å². The van der Waals surface area contributed by atoms with Gasteiger partial charge >= 0.3 is 0 Å². The van der Waals surface area contributed by atoms with Crippen molar-refractivity contribution in [3.63, 3.8) is 0 Å². The predicted octanol–water partition coefficient (Wildman–Crippen LogP) is 0.777. The maximum Gasteiger partial charge on any atom is 0.149 e. The van der Waals surface area contributed by atoms with Gasteiger partial charge in [0.2, 0.25) is 0 Å². The van der Waals surface area contributed by atoms with Gasteiger partial charge in [-0.15, -0.1) is 0 Å². The Kier molecular flexibility index (Phi) is 4.42. The first-order chi connectivity index (χ1) is 5.39. The van der Waals surface area contributed by atoms with Crippen LogP contribution in [-0.2, 0) is 4.79 Å². The van der Waals surface area contributed by atoms with Gasteiger partial charge in [0.15, 0.2) is 0 Å². The first kappa shape index (κ1) is 11.6. The molecule has 0 aliphatic heterocycles. The van der Waals surface area contributed by atoms with E-state index in [9.17, 15) is 4.79 Å². The molecule has 0 spiro atoms. The van der Waals surface area contributed by atoms with Crippen molar-refractivity contribution in [2.75, 3.05) is 13.3 Å². The summed E-state index contributed by atoms with van der Waals surface area (Å²) in [6, 6.07) is 0. The van der Waals surface area contributed by atoms with E-state index in [4.69, 9.17) is 5.11 Å². The molecule has 0 aromatic carbocycles. The topological polar surface area (TPSA) is 49.3 Å². The zero-order valence-corrected chi connectivity index (χ0v) is 8.35. The number of hydrogen-bond donors (Lipinski definition) is 2. The SMILES string of the molecule is CC(C(=O)CNCO)C(C)(C)C. The molecule has 0 aromatic heterocycles. The number of aliphatic hydroxyl groups excluding tert-OH is 1. The second-order valence-corrected chi connectivity index (χ2v) is 4.14.